The van der Waals surface area contributed by atoms with E-state index in [9.17, 15) is 9.59 Å². The molecule has 2 aromatic rings. The molecule has 24 heavy (non-hydrogen) atoms. The first-order valence-corrected chi connectivity index (χ1v) is 7.45. The zero-order chi connectivity index (χ0) is 17.7. The summed E-state index contributed by atoms with van der Waals surface area (Å²) in [6, 6.07) is 9.88. The Labute approximate surface area is 144 Å². The van der Waals surface area contributed by atoms with Crippen LogP contribution in [0.25, 0.3) is 0 Å². The summed E-state index contributed by atoms with van der Waals surface area (Å²) >= 11 is 6.04. The maximum absolute atomic E-state index is 12.3. The summed E-state index contributed by atoms with van der Waals surface area (Å²) in [6.45, 7) is 1.57. The van der Waals surface area contributed by atoms with Crippen LogP contribution in [0, 0.1) is 6.92 Å². The van der Waals surface area contributed by atoms with Crippen LogP contribution in [-0.2, 0) is 4.79 Å². The number of primary amides is 1. The van der Waals surface area contributed by atoms with E-state index in [-0.39, 0.29) is 12.5 Å². The van der Waals surface area contributed by atoms with Gasteiger partial charge in [-0.15, -0.1) is 0 Å². The minimum Gasteiger partial charge on any atom is -0.493 e. The SMILES string of the molecule is COc1ccc(NC(=O)c2ccc(C)c(Cl)c2)cc1OCC(N)=O. The van der Waals surface area contributed by atoms with Gasteiger partial charge in [0.25, 0.3) is 11.8 Å². The highest BCUT2D eigenvalue weighted by molar-refractivity contribution is 6.31. The lowest BCUT2D eigenvalue weighted by Crippen LogP contribution is -2.20. The highest BCUT2D eigenvalue weighted by atomic mass is 35.5. The lowest BCUT2D eigenvalue weighted by molar-refractivity contribution is -0.119. The van der Waals surface area contributed by atoms with E-state index in [0.29, 0.717) is 27.8 Å². The van der Waals surface area contributed by atoms with Gasteiger partial charge < -0.3 is 20.5 Å². The van der Waals surface area contributed by atoms with Crippen LogP contribution >= 0.6 is 11.6 Å². The maximum atomic E-state index is 12.3. The number of hydrogen-bond acceptors (Lipinski definition) is 4. The fraction of sp³-hybridized carbons (Fsp3) is 0.176. The first kappa shape index (κ1) is 17.6. The molecule has 0 spiro atoms. The lowest BCUT2D eigenvalue weighted by atomic mass is 10.1. The monoisotopic (exact) mass is 348 g/mol. The maximum Gasteiger partial charge on any atom is 0.255 e. The Kier molecular flexibility index (Phi) is 5.65. The molecule has 2 rings (SSSR count). The number of amides is 2. The number of nitrogens with two attached hydrogens (primary N) is 1. The molecular formula is C17H17ClN2O4. The molecule has 0 bridgehead atoms. The second-order valence-electron chi connectivity index (χ2n) is 5.04. The molecule has 0 aliphatic heterocycles. The van der Waals surface area contributed by atoms with Crippen LogP contribution < -0.4 is 20.5 Å². The normalized spacial score (nSPS) is 10.1. The number of aryl methyl sites for hydroxylation is 1. The van der Waals surface area contributed by atoms with Gasteiger partial charge in [0, 0.05) is 22.3 Å². The van der Waals surface area contributed by atoms with E-state index in [1.54, 1.807) is 36.4 Å². The minimum atomic E-state index is -0.610. The van der Waals surface area contributed by atoms with Gasteiger partial charge in [-0.25, -0.2) is 0 Å². The fourth-order valence-corrected chi connectivity index (χ4v) is 2.13. The molecule has 2 aromatic carbocycles. The second-order valence-corrected chi connectivity index (χ2v) is 5.45. The molecule has 7 heteroatoms. The Hall–Kier alpha value is -2.73. The highest BCUT2D eigenvalue weighted by Gasteiger charge is 2.11. The van der Waals surface area contributed by atoms with Crippen molar-refractivity contribution >= 4 is 29.1 Å². The van der Waals surface area contributed by atoms with Gasteiger partial charge in [0.2, 0.25) is 0 Å². The molecule has 0 atom stereocenters. The Balaban J connectivity index is 2.19. The van der Waals surface area contributed by atoms with E-state index in [0.717, 1.165) is 5.56 Å². The van der Waals surface area contributed by atoms with E-state index in [1.807, 2.05) is 6.92 Å². The van der Waals surface area contributed by atoms with Crippen molar-refractivity contribution in [1.29, 1.82) is 0 Å². The Bertz CT molecular complexity index is 777. The minimum absolute atomic E-state index is 0.290. The molecule has 0 fully saturated rings. The molecule has 0 radical (unpaired) electrons. The van der Waals surface area contributed by atoms with Crippen molar-refractivity contribution in [1.82, 2.24) is 0 Å². The van der Waals surface area contributed by atoms with Crippen molar-refractivity contribution in [2.24, 2.45) is 5.73 Å². The summed E-state index contributed by atoms with van der Waals surface area (Å²) in [5, 5.41) is 3.25. The Morgan fingerprint density at radius 3 is 2.54 bits per heavy atom. The van der Waals surface area contributed by atoms with Crippen LogP contribution in [0.15, 0.2) is 36.4 Å². The number of rotatable bonds is 6. The summed E-state index contributed by atoms with van der Waals surface area (Å²) in [4.78, 5) is 23.1. The molecule has 0 saturated carbocycles. The Morgan fingerprint density at radius 2 is 1.92 bits per heavy atom. The van der Waals surface area contributed by atoms with Gasteiger partial charge in [-0.3, -0.25) is 9.59 Å². The number of anilines is 1. The predicted octanol–water partition coefficient (Wildman–Crippen LogP) is 2.77. The number of carbonyl (C=O) groups is 2. The van der Waals surface area contributed by atoms with E-state index in [1.165, 1.54) is 7.11 Å². The fourth-order valence-electron chi connectivity index (χ4n) is 1.95. The quantitative estimate of drug-likeness (QED) is 0.839. The average molecular weight is 349 g/mol. The van der Waals surface area contributed by atoms with Gasteiger partial charge >= 0.3 is 0 Å². The summed E-state index contributed by atoms with van der Waals surface area (Å²) in [7, 11) is 1.47. The van der Waals surface area contributed by atoms with Gasteiger partial charge in [-0.1, -0.05) is 17.7 Å². The van der Waals surface area contributed by atoms with Crippen LogP contribution in [-0.4, -0.2) is 25.5 Å². The van der Waals surface area contributed by atoms with Crippen molar-refractivity contribution in [2.75, 3.05) is 19.0 Å². The largest absolute Gasteiger partial charge is 0.493 e. The van der Waals surface area contributed by atoms with Crippen molar-refractivity contribution in [3.8, 4) is 11.5 Å². The topological polar surface area (TPSA) is 90.7 Å². The van der Waals surface area contributed by atoms with Crippen LogP contribution in [0.2, 0.25) is 5.02 Å². The van der Waals surface area contributed by atoms with Crippen LogP contribution in [0.5, 0.6) is 11.5 Å². The van der Waals surface area contributed by atoms with Gasteiger partial charge in [-0.05, 0) is 36.8 Å². The third-order valence-corrected chi connectivity index (χ3v) is 3.63. The third kappa shape index (κ3) is 4.39. The van der Waals surface area contributed by atoms with Crippen molar-refractivity contribution in [3.05, 3.63) is 52.5 Å². The molecule has 3 N–H and O–H groups in total. The van der Waals surface area contributed by atoms with E-state index in [2.05, 4.69) is 5.32 Å². The Morgan fingerprint density at radius 1 is 1.17 bits per heavy atom. The van der Waals surface area contributed by atoms with E-state index >= 15 is 0 Å². The molecule has 0 aromatic heterocycles. The molecule has 2 amide bonds. The predicted molar refractivity (Wildman–Crippen MR) is 91.8 cm³/mol. The number of halogens is 1. The average Bonchev–Trinajstić information content (AvgIpc) is 2.55. The summed E-state index contributed by atoms with van der Waals surface area (Å²) in [6.07, 6.45) is 0. The molecule has 126 valence electrons. The molecule has 0 unspecified atom stereocenters. The van der Waals surface area contributed by atoms with Gasteiger partial charge in [0.15, 0.2) is 18.1 Å². The summed E-state index contributed by atoms with van der Waals surface area (Å²) < 4.78 is 10.4. The van der Waals surface area contributed by atoms with E-state index in [4.69, 9.17) is 26.8 Å². The van der Waals surface area contributed by atoms with Gasteiger partial charge in [-0.2, -0.15) is 0 Å². The number of nitrogens with one attached hydrogen (secondary N) is 1. The molecule has 0 aliphatic rings. The number of carbonyl (C=O) groups excluding carboxylic acids is 2. The smallest absolute Gasteiger partial charge is 0.255 e. The summed E-state index contributed by atoms with van der Waals surface area (Å²) in [5.74, 6) is -0.202. The molecule has 0 heterocycles. The highest BCUT2D eigenvalue weighted by Crippen LogP contribution is 2.30. The molecular weight excluding hydrogens is 332 g/mol. The second kappa shape index (κ2) is 7.70. The van der Waals surface area contributed by atoms with Gasteiger partial charge in [0.05, 0.1) is 7.11 Å². The zero-order valence-corrected chi connectivity index (χ0v) is 14.0. The van der Waals surface area contributed by atoms with Crippen LogP contribution in [0.1, 0.15) is 15.9 Å². The van der Waals surface area contributed by atoms with E-state index < -0.39 is 5.91 Å². The van der Waals surface area contributed by atoms with Crippen LogP contribution in [0.3, 0.4) is 0 Å². The molecule has 6 nitrogen and oxygen atoms in total. The van der Waals surface area contributed by atoms with Gasteiger partial charge in [0.1, 0.15) is 0 Å². The standard InChI is InChI=1S/C17H17ClN2O4/c1-10-3-4-11(7-13(10)18)17(22)20-12-5-6-14(23-2)15(8-12)24-9-16(19)21/h3-8H,9H2,1-2H3,(H2,19,21)(H,20,22). The zero-order valence-electron chi connectivity index (χ0n) is 13.3. The van der Waals surface area contributed by atoms with Crippen molar-refractivity contribution in [3.63, 3.8) is 0 Å². The number of benzene rings is 2. The number of hydrogen-bond donors (Lipinski definition) is 2. The number of ether oxygens (including phenoxy) is 2. The molecule has 0 aliphatic carbocycles. The summed E-state index contributed by atoms with van der Waals surface area (Å²) in [5.41, 5.74) is 6.87. The lowest BCUT2D eigenvalue weighted by Gasteiger charge is -2.12. The first-order chi connectivity index (χ1) is 11.4. The third-order valence-electron chi connectivity index (χ3n) is 3.23. The van der Waals surface area contributed by atoms with Crippen molar-refractivity contribution in [2.45, 2.75) is 6.92 Å². The van der Waals surface area contributed by atoms with Crippen molar-refractivity contribution < 1.29 is 19.1 Å². The first-order valence-electron chi connectivity index (χ1n) is 7.07. The molecule has 0 saturated heterocycles. The number of methoxy groups -OCH3 is 1. The van der Waals surface area contributed by atoms with Crippen LogP contribution in [0.4, 0.5) is 5.69 Å².